The van der Waals surface area contributed by atoms with Crippen molar-refractivity contribution < 1.29 is 0 Å². The van der Waals surface area contributed by atoms with Crippen molar-refractivity contribution >= 4 is 17.1 Å². The Morgan fingerprint density at radius 2 is 0.698 bits per heavy atom. The van der Waals surface area contributed by atoms with Crippen LogP contribution in [-0.2, 0) is 5.41 Å². The number of rotatable bonds is 6. The summed E-state index contributed by atoms with van der Waals surface area (Å²) >= 11 is 0. The van der Waals surface area contributed by atoms with Crippen molar-refractivity contribution in [2.45, 2.75) is 11.3 Å². The highest BCUT2D eigenvalue weighted by molar-refractivity contribution is 5.96. The molecular formula is C62H41N. The van der Waals surface area contributed by atoms with E-state index in [0.29, 0.717) is 0 Å². The minimum Gasteiger partial charge on any atom is -0.310 e. The molecule has 0 saturated heterocycles. The largest absolute Gasteiger partial charge is 0.310 e. The molecule has 63 heavy (non-hydrogen) atoms. The quantitative estimate of drug-likeness (QED) is 0.162. The first-order valence-electron chi connectivity index (χ1n) is 22.0. The molecule has 10 aromatic carbocycles. The molecule has 0 aromatic heterocycles. The number of nitrogens with zero attached hydrogens (tertiary/aromatic N) is 1. The summed E-state index contributed by atoms with van der Waals surface area (Å²) in [6, 6.07) is 90.1. The van der Waals surface area contributed by atoms with Crippen molar-refractivity contribution in [2.24, 2.45) is 0 Å². The van der Waals surface area contributed by atoms with Crippen molar-refractivity contribution in [1.82, 2.24) is 0 Å². The van der Waals surface area contributed by atoms with Gasteiger partial charge in [-0.25, -0.2) is 0 Å². The molecule has 1 nitrogen and oxygen atoms in total. The van der Waals surface area contributed by atoms with E-state index in [1.807, 2.05) is 0 Å². The van der Waals surface area contributed by atoms with E-state index < -0.39 is 5.41 Å². The minimum absolute atomic E-state index is 0.237. The Hall–Kier alpha value is -8.00. The number of anilines is 3. The Morgan fingerprint density at radius 3 is 1.30 bits per heavy atom. The summed E-state index contributed by atoms with van der Waals surface area (Å²) in [7, 11) is 0. The van der Waals surface area contributed by atoms with Crippen LogP contribution in [0.5, 0.6) is 0 Å². The van der Waals surface area contributed by atoms with Crippen molar-refractivity contribution in [3.8, 4) is 55.6 Å². The Kier molecular flexibility index (Phi) is 7.95. The first-order valence-corrected chi connectivity index (χ1v) is 22.0. The molecule has 0 radical (unpaired) electrons. The van der Waals surface area contributed by atoms with Crippen LogP contribution in [0.15, 0.2) is 243 Å². The predicted molar refractivity (Wildman–Crippen MR) is 261 cm³/mol. The van der Waals surface area contributed by atoms with Crippen LogP contribution >= 0.6 is 0 Å². The van der Waals surface area contributed by atoms with Crippen LogP contribution in [0.4, 0.5) is 17.1 Å². The molecule has 1 spiro atoms. The summed E-state index contributed by atoms with van der Waals surface area (Å²) in [6.07, 6.45) is 0. The van der Waals surface area contributed by atoms with Gasteiger partial charge in [0, 0.05) is 23.0 Å². The van der Waals surface area contributed by atoms with E-state index >= 15 is 0 Å². The van der Waals surface area contributed by atoms with Crippen LogP contribution in [0.3, 0.4) is 0 Å². The first kappa shape index (κ1) is 35.7. The summed E-state index contributed by atoms with van der Waals surface area (Å²) in [5.41, 5.74) is 25.1. The smallest absolute Gasteiger partial charge is 0.0726 e. The molecule has 0 fully saturated rings. The van der Waals surface area contributed by atoms with E-state index in [1.165, 1.54) is 94.6 Å². The molecule has 1 atom stereocenters. The third kappa shape index (κ3) is 5.30. The molecule has 294 valence electrons. The third-order valence-electron chi connectivity index (χ3n) is 14.0. The second-order valence-electron chi connectivity index (χ2n) is 17.1. The maximum Gasteiger partial charge on any atom is 0.0726 e. The summed E-state index contributed by atoms with van der Waals surface area (Å²) in [5, 5.41) is 0. The normalized spacial score (nSPS) is 14.3. The average molecular weight is 800 g/mol. The zero-order valence-electron chi connectivity index (χ0n) is 34.6. The topological polar surface area (TPSA) is 3.24 Å². The second kappa shape index (κ2) is 14.0. The van der Waals surface area contributed by atoms with Gasteiger partial charge in [-0.15, -0.1) is 0 Å². The van der Waals surface area contributed by atoms with Gasteiger partial charge in [-0.1, -0.05) is 200 Å². The Bertz CT molecular complexity index is 3320. The molecule has 0 N–H and O–H groups in total. The fourth-order valence-corrected chi connectivity index (χ4v) is 11.3. The van der Waals surface area contributed by atoms with Crippen molar-refractivity contribution in [2.75, 3.05) is 4.90 Å². The van der Waals surface area contributed by atoms with Crippen LogP contribution in [0.2, 0.25) is 0 Å². The van der Waals surface area contributed by atoms with Gasteiger partial charge in [-0.2, -0.15) is 0 Å². The van der Waals surface area contributed by atoms with Gasteiger partial charge in [0.15, 0.2) is 0 Å². The highest BCUT2D eigenvalue weighted by Crippen LogP contribution is 2.63. The summed E-state index contributed by atoms with van der Waals surface area (Å²) in [5.74, 6) is 0.237. The first-order chi connectivity index (χ1) is 31.3. The molecule has 0 amide bonds. The average Bonchev–Trinajstić information content (AvgIpc) is 3.96. The summed E-state index contributed by atoms with van der Waals surface area (Å²) < 4.78 is 0. The highest BCUT2D eigenvalue weighted by atomic mass is 15.1. The summed E-state index contributed by atoms with van der Waals surface area (Å²) in [6.45, 7) is 0. The van der Waals surface area contributed by atoms with Crippen LogP contribution in [0.1, 0.15) is 44.9 Å². The second-order valence-corrected chi connectivity index (χ2v) is 17.1. The minimum atomic E-state index is -0.423. The zero-order chi connectivity index (χ0) is 41.5. The molecule has 3 aliphatic rings. The Balaban J connectivity index is 0.953. The van der Waals surface area contributed by atoms with E-state index in [0.717, 1.165) is 17.1 Å². The maximum atomic E-state index is 2.48. The van der Waals surface area contributed by atoms with Gasteiger partial charge >= 0.3 is 0 Å². The zero-order valence-corrected chi connectivity index (χ0v) is 34.6. The van der Waals surface area contributed by atoms with E-state index in [9.17, 15) is 0 Å². The van der Waals surface area contributed by atoms with Crippen LogP contribution in [0.25, 0.3) is 55.6 Å². The molecule has 13 rings (SSSR count). The Morgan fingerprint density at radius 1 is 0.270 bits per heavy atom. The van der Waals surface area contributed by atoms with Crippen molar-refractivity contribution in [3.05, 3.63) is 282 Å². The lowest BCUT2D eigenvalue weighted by Crippen LogP contribution is -2.26. The maximum absolute atomic E-state index is 2.48. The van der Waals surface area contributed by atoms with Gasteiger partial charge in [0.25, 0.3) is 0 Å². The molecule has 3 aliphatic carbocycles. The van der Waals surface area contributed by atoms with E-state index in [-0.39, 0.29) is 5.92 Å². The van der Waals surface area contributed by atoms with Crippen LogP contribution < -0.4 is 4.90 Å². The Labute approximate surface area is 368 Å². The predicted octanol–water partition coefficient (Wildman–Crippen LogP) is 16.0. The van der Waals surface area contributed by atoms with Gasteiger partial charge in [-0.3, -0.25) is 0 Å². The van der Waals surface area contributed by atoms with Crippen molar-refractivity contribution in [1.29, 1.82) is 0 Å². The molecule has 1 heteroatoms. The van der Waals surface area contributed by atoms with Crippen molar-refractivity contribution in [3.63, 3.8) is 0 Å². The van der Waals surface area contributed by atoms with E-state index in [1.54, 1.807) is 0 Å². The molecule has 0 aliphatic heterocycles. The number of hydrogen-bond acceptors (Lipinski definition) is 1. The third-order valence-corrected chi connectivity index (χ3v) is 14.0. The van der Waals surface area contributed by atoms with Gasteiger partial charge < -0.3 is 4.90 Å². The molecule has 0 saturated carbocycles. The van der Waals surface area contributed by atoms with Crippen LogP contribution in [0, 0.1) is 0 Å². The molecule has 0 heterocycles. The standard InChI is InChI=1S/C62H41N/c1-3-15-41(16-4-1)42-27-32-46(33-28-42)63(47-34-29-43(30-35-47)45-31-37-55-56(39-45)49-19-7-8-23-54(49)61(55)44-17-5-2-6-18-44)48-36-38-53-52-22-11-14-26-59(52)62(60(53)40-48)57-24-12-9-20-50(57)51-21-10-13-25-58(51)62/h1-40,61H. The molecular weight excluding hydrogens is 759 g/mol. The SMILES string of the molecule is c1ccc(-c2ccc(N(c3ccc(-c4ccc5c(c4)-c4ccccc4C5c4ccccc4)cc3)c3ccc4c(c3)C3(c5ccccc5-c5ccccc53)c3ccccc3-4)cc2)cc1. The number of benzene rings is 10. The lowest BCUT2D eigenvalue weighted by Gasteiger charge is -2.32. The fraction of sp³-hybridized carbons (Fsp3) is 0.0323. The molecule has 0 bridgehead atoms. The lowest BCUT2D eigenvalue weighted by atomic mass is 9.70. The fourth-order valence-electron chi connectivity index (χ4n) is 11.3. The lowest BCUT2D eigenvalue weighted by molar-refractivity contribution is 0.793. The van der Waals surface area contributed by atoms with E-state index in [2.05, 4.69) is 248 Å². The van der Waals surface area contributed by atoms with Gasteiger partial charge in [0.2, 0.25) is 0 Å². The van der Waals surface area contributed by atoms with Gasteiger partial charge in [0.1, 0.15) is 0 Å². The number of fused-ring (bicyclic) bond motifs is 13. The van der Waals surface area contributed by atoms with Gasteiger partial charge in [0.05, 0.1) is 5.41 Å². The highest BCUT2D eigenvalue weighted by Gasteiger charge is 2.51. The molecule has 10 aromatic rings. The monoisotopic (exact) mass is 799 g/mol. The summed E-state index contributed by atoms with van der Waals surface area (Å²) in [4.78, 5) is 2.44. The van der Waals surface area contributed by atoms with Crippen LogP contribution in [-0.4, -0.2) is 0 Å². The molecule has 1 unspecified atom stereocenters. The van der Waals surface area contributed by atoms with E-state index in [4.69, 9.17) is 0 Å². The van der Waals surface area contributed by atoms with Gasteiger partial charge in [-0.05, 0) is 137 Å². The number of hydrogen-bond donors (Lipinski definition) is 0.